The molecule has 0 spiro atoms. The number of rotatable bonds is 2. The minimum atomic E-state index is -1.97. The van der Waals surface area contributed by atoms with Crippen LogP contribution in [0.25, 0.3) is 0 Å². The quantitative estimate of drug-likeness (QED) is 0.824. The van der Waals surface area contributed by atoms with Crippen LogP contribution in [-0.4, -0.2) is 29.6 Å². The van der Waals surface area contributed by atoms with Gasteiger partial charge in [0.25, 0.3) is 0 Å². The Morgan fingerprint density at radius 1 is 1.21 bits per heavy atom. The molecule has 3 nitrogen and oxygen atoms in total. The monoisotopic (exact) mass is 301 g/mol. The van der Waals surface area contributed by atoms with Gasteiger partial charge in [0.2, 0.25) is 0 Å². The molecule has 0 bridgehead atoms. The SMILES string of the molecule is [CH3][Sn]([CH3])([CH3])[c]1ccc(NC(=O)O)cc1. The van der Waals surface area contributed by atoms with Crippen LogP contribution in [0.15, 0.2) is 24.3 Å². The fourth-order valence-corrected chi connectivity index (χ4v) is 4.51. The number of amides is 1. The van der Waals surface area contributed by atoms with Gasteiger partial charge in [0.15, 0.2) is 0 Å². The van der Waals surface area contributed by atoms with E-state index in [1.54, 1.807) is 0 Å². The molecule has 0 saturated heterocycles. The first kappa shape index (κ1) is 11.4. The number of carboxylic acid groups (broad SMARTS) is 1. The van der Waals surface area contributed by atoms with Crippen molar-refractivity contribution in [3.63, 3.8) is 0 Å². The first-order valence-electron chi connectivity index (χ1n) is 4.50. The van der Waals surface area contributed by atoms with Gasteiger partial charge in [0.05, 0.1) is 0 Å². The average Bonchev–Trinajstić information content (AvgIpc) is 2.02. The van der Waals surface area contributed by atoms with Crippen LogP contribution in [0, 0.1) is 0 Å². The summed E-state index contributed by atoms with van der Waals surface area (Å²) >= 11 is -1.97. The van der Waals surface area contributed by atoms with E-state index < -0.39 is 24.5 Å². The third-order valence-corrected chi connectivity index (χ3v) is 7.90. The maximum atomic E-state index is 10.4. The predicted molar refractivity (Wildman–Crippen MR) is 61.1 cm³/mol. The summed E-state index contributed by atoms with van der Waals surface area (Å²) in [6.07, 6.45) is -1.02. The van der Waals surface area contributed by atoms with Gasteiger partial charge >= 0.3 is 88.0 Å². The van der Waals surface area contributed by atoms with Crippen LogP contribution in [0.3, 0.4) is 0 Å². The van der Waals surface area contributed by atoms with E-state index in [9.17, 15) is 4.79 Å². The summed E-state index contributed by atoms with van der Waals surface area (Å²) in [6, 6.07) is 7.71. The van der Waals surface area contributed by atoms with Gasteiger partial charge < -0.3 is 0 Å². The van der Waals surface area contributed by atoms with E-state index in [0.717, 1.165) is 0 Å². The van der Waals surface area contributed by atoms with Crippen LogP contribution in [0.2, 0.25) is 14.8 Å². The molecule has 0 fully saturated rings. The van der Waals surface area contributed by atoms with Gasteiger partial charge in [0.1, 0.15) is 0 Å². The zero-order valence-electron chi connectivity index (χ0n) is 8.66. The Bertz CT molecular complexity index is 327. The second kappa shape index (κ2) is 4.21. The Hall–Kier alpha value is -0.711. The number of carbonyl (C=O) groups is 1. The number of benzene rings is 1. The van der Waals surface area contributed by atoms with E-state index in [0.29, 0.717) is 5.69 Å². The van der Waals surface area contributed by atoms with E-state index in [-0.39, 0.29) is 0 Å². The van der Waals surface area contributed by atoms with Crippen molar-refractivity contribution in [1.82, 2.24) is 0 Å². The molecule has 1 aromatic carbocycles. The van der Waals surface area contributed by atoms with E-state index in [2.05, 4.69) is 20.1 Å². The van der Waals surface area contributed by atoms with Gasteiger partial charge in [-0.2, -0.15) is 0 Å². The molecule has 0 aliphatic heterocycles. The van der Waals surface area contributed by atoms with Crippen molar-refractivity contribution in [3.05, 3.63) is 24.3 Å². The van der Waals surface area contributed by atoms with E-state index in [4.69, 9.17) is 5.11 Å². The summed E-state index contributed by atoms with van der Waals surface area (Å²) in [5.41, 5.74) is 0.636. The third kappa shape index (κ3) is 3.21. The molecule has 1 aromatic rings. The molecule has 0 saturated carbocycles. The van der Waals surface area contributed by atoms with Crippen molar-refractivity contribution in [1.29, 1.82) is 0 Å². The number of nitrogens with one attached hydrogen (secondary N) is 1. The van der Waals surface area contributed by atoms with Crippen LogP contribution in [0.5, 0.6) is 0 Å². The normalized spacial score (nSPS) is 11.1. The Labute approximate surface area is 88.0 Å². The molecule has 0 radical (unpaired) electrons. The van der Waals surface area contributed by atoms with Crippen molar-refractivity contribution in [2.24, 2.45) is 0 Å². The van der Waals surface area contributed by atoms with Crippen LogP contribution in [-0.2, 0) is 0 Å². The van der Waals surface area contributed by atoms with Gasteiger partial charge in [-0.3, -0.25) is 0 Å². The van der Waals surface area contributed by atoms with Crippen LogP contribution < -0.4 is 8.90 Å². The molecule has 0 aliphatic rings. The second-order valence-corrected chi connectivity index (χ2v) is 18.7. The molecule has 2 N–H and O–H groups in total. The number of anilines is 1. The molecule has 1 amide bonds. The van der Waals surface area contributed by atoms with Crippen molar-refractivity contribution >= 4 is 33.7 Å². The summed E-state index contributed by atoms with van der Waals surface area (Å²) < 4.78 is 1.40. The van der Waals surface area contributed by atoms with Gasteiger partial charge in [0, 0.05) is 0 Å². The van der Waals surface area contributed by atoms with Gasteiger partial charge in [-0.25, -0.2) is 0 Å². The van der Waals surface area contributed by atoms with Crippen LogP contribution >= 0.6 is 0 Å². The number of hydrogen-bond acceptors (Lipinski definition) is 1. The van der Waals surface area contributed by atoms with Crippen molar-refractivity contribution in [3.8, 4) is 0 Å². The minimum absolute atomic E-state index is 0.636. The molecule has 0 atom stereocenters. The molecule has 0 aliphatic carbocycles. The number of hydrogen-bond donors (Lipinski definition) is 2. The van der Waals surface area contributed by atoms with Gasteiger partial charge in [-0.15, -0.1) is 0 Å². The first-order valence-corrected chi connectivity index (χ1v) is 14.5. The summed E-state index contributed by atoms with van der Waals surface area (Å²) in [4.78, 5) is 17.3. The summed E-state index contributed by atoms with van der Waals surface area (Å²) in [7, 11) is 0. The average molecular weight is 300 g/mol. The van der Waals surface area contributed by atoms with Gasteiger partial charge in [-0.05, 0) is 0 Å². The third-order valence-electron chi connectivity index (χ3n) is 2.00. The standard InChI is InChI=1S/C7H6NO2.3CH3.Sn/c9-7(10)8-6-4-2-1-3-5-6;;;;/h2-5,8H,(H,9,10);3*1H3;. The zero-order chi connectivity index (χ0) is 10.8. The fraction of sp³-hybridized carbons (Fsp3) is 0.300. The summed E-state index contributed by atoms with van der Waals surface area (Å²) in [6.45, 7) is 0. The summed E-state index contributed by atoms with van der Waals surface area (Å²) in [5, 5.41) is 10.8. The van der Waals surface area contributed by atoms with Crippen LogP contribution in [0.1, 0.15) is 0 Å². The maximum absolute atomic E-state index is 10.4. The Morgan fingerprint density at radius 3 is 2.07 bits per heavy atom. The molecular formula is C10H15NO2Sn. The predicted octanol–water partition coefficient (Wildman–Crippen LogP) is 2.32. The molecule has 14 heavy (non-hydrogen) atoms. The molecule has 0 heterocycles. The van der Waals surface area contributed by atoms with Crippen LogP contribution in [0.4, 0.5) is 10.5 Å². The Kier molecular flexibility index (Phi) is 3.42. The second-order valence-electron chi connectivity index (χ2n) is 4.26. The first-order chi connectivity index (χ1) is 6.39. The molecule has 4 heteroatoms. The molecule has 0 aromatic heterocycles. The fourth-order valence-electron chi connectivity index (χ4n) is 1.18. The van der Waals surface area contributed by atoms with Crippen molar-refractivity contribution in [2.45, 2.75) is 14.8 Å². The Balaban J connectivity index is 2.84. The van der Waals surface area contributed by atoms with Crippen molar-refractivity contribution < 1.29 is 9.90 Å². The molecule has 1 rings (SSSR count). The van der Waals surface area contributed by atoms with E-state index >= 15 is 0 Å². The molecular weight excluding hydrogens is 285 g/mol. The Morgan fingerprint density at radius 2 is 1.71 bits per heavy atom. The van der Waals surface area contributed by atoms with E-state index in [1.165, 1.54) is 3.58 Å². The molecule has 0 unspecified atom stereocenters. The topological polar surface area (TPSA) is 49.3 Å². The molecule has 76 valence electrons. The van der Waals surface area contributed by atoms with E-state index in [1.807, 2.05) is 24.3 Å². The van der Waals surface area contributed by atoms with Crippen molar-refractivity contribution in [2.75, 3.05) is 5.32 Å². The summed E-state index contributed by atoms with van der Waals surface area (Å²) in [5.74, 6) is 0. The zero-order valence-corrected chi connectivity index (χ0v) is 11.5. The van der Waals surface area contributed by atoms with Gasteiger partial charge in [-0.1, -0.05) is 0 Å².